The van der Waals surface area contributed by atoms with Gasteiger partial charge in [0, 0.05) is 12.5 Å². The highest BCUT2D eigenvalue weighted by molar-refractivity contribution is 4.79. The molecule has 0 aromatic carbocycles. The topological polar surface area (TPSA) is 70.9 Å². The second-order valence-electron chi connectivity index (χ2n) is 3.69. The summed E-state index contributed by atoms with van der Waals surface area (Å²) < 4.78 is 4.82. The van der Waals surface area contributed by atoms with Gasteiger partial charge in [0.15, 0.2) is 0 Å². The number of nitrogens with one attached hydrogen (secondary N) is 2. The lowest BCUT2D eigenvalue weighted by molar-refractivity contribution is 0.365. The van der Waals surface area contributed by atoms with Crippen LogP contribution in [0.25, 0.3) is 0 Å². The van der Waals surface area contributed by atoms with Crippen LogP contribution in [0.2, 0.25) is 0 Å². The van der Waals surface area contributed by atoms with Crippen molar-refractivity contribution in [1.82, 2.24) is 15.5 Å². The van der Waals surface area contributed by atoms with Crippen LogP contribution < -0.4 is 11.1 Å². The van der Waals surface area contributed by atoms with Gasteiger partial charge in [0.05, 0.1) is 0 Å². The molecule has 2 rings (SSSR count). The Morgan fingerprint density at radius 1 is 1.50 bits per heavy atom. The third-order valence-corrected chi connectivity index (χ3v) is 2.60. The molecule has 1 fully saturated rings. The molecule has 1 aliphatic rings. The number of rotatable bonds is 3. The number of hydrogen-bond acceptors (Lipinski definition) is 4. The average Bonchev–Trinajstić information content (AvgIpc) is 2.63. The van der Waals surface area contributed by atoms with Crippen molar-refractivity contribution >= 4 is 0 Å². The largest absolute Gasteiger partial charge is 0.434 e. The van der Waals surface area contributed by atoms with E-state index in [9.17, 15) is 4.79 Å². The van der Waals surface area contributed by atoms with E-state index in [1.54, 1.807) is 0 Å². The van der Waals surface area contributed by atoms with Crippen LogP contribution in [-0.2, 0) is 6.42 Å². The van der Waals surface area contributed by atoms with Crippen molar-refractivity contribution in [3.8, 4) is 0 Å². The molecule has 0 saturated carbocycles. The van der Waals surface area contributed by atoms with Crippen molar-refractivity contribution in [2.24, 2.45) is 0 Å². The Hall–Kier alpha value is -1.10. The third-order valence-electron chi connectivity index (χ3n) is 2.60. The van der Waals surface area contributed by atoms with E-state index in [1.807, 2.05) is 0 Å². The van der Waals surface area contributed by atoms with Gasteiger partial charge in [-0.05, 0) is 25.8 Å². The van der Waals surface area contributed by atoms with Gasteiger partial charge in [0.25, 0.3) is 0 Å². The second kappa shape index (κ2) is 4.41. The van der Waals surface area contributed by atoms with E-state index in [1.165, 1.54) is 19.3 Å². The van der Waals surface area contributed by atoms with Crippen LogP contribution in [0.5, 0.6) is 0 Å². The van der Waals surface area contributed by atoms with Gasteiger partial charge in [-0.1, -0.05) is 6.42 Å². The van der Waals surface area contributed by atoms with Crippen LogP contribution in [0.3, 0.4) is 0 Å². The number of H-pyrrole nitrogens is 1. The van der Waals surface area contributed by atoms with Crippen molar-refractivity contribution in [3.05, 3.63) is 16.4 Å². The van der Waals surface area contributed by atoms with Crippen LogP contribution in [0.15, 0.2) is 9.21 Å². The molecule has 0 spiro atoms. The summed E-state index contributed by atoms with van der Waals surface area (Å²) in [5, 5.41) is 9.47. The van der Waals surface area contributed by atoms with E-state index in [0.717, 1.165) is 19.4 Å². The predicted molar refractivity (Wildman–Crippen MR) is 51.1 cm³/mol. The standard InChI is InChI=1S/C9H15N3O2/c13-9-12-11-8(14-9)5-4-7-3-1-2-6-10-7/h7,10H,1-6H2,(H,12,13). The normalized spacial score (nSPS) is 22.4. The molecule has 2 N–H and O–H groups in total. The smallest absolute Gasteiger partial charge is 0.393 e. The highest BCUT2D eigenvalue weighted by atomic mass is 16.4. The van der Waals surface area contributed by atoms with Gasteiger partial charge >= 0.3 is 5.76 Å². The summed E-state index contributed by atoms with van der Waals surface area (Å²) in [5.74, 6) is 0.0546. The lowest BCUT2D eigenvalue weighted by atomic mass is 10.0. The Bertz CT molecular complexity index is 325. The highest BCUT2D eigenvalue weighted by Crippen LogP contribution is 2.11. The van der Waals surface area contributed by atoms with Crippen LogP contribution in [0.4, 0.5) is 0 Å². The summed E-state index contributed by atoms with van der Waals surface area (Å²) in [6, 6.07) is 0.561. The summed E-state index contributed by atoms with van der Waals surface area (Å²) in [7, 11) is 0. The number of nitrogens with zero attached hydrogens (tertiary/aromatic N) is 1. The molecule has 1 unspecified atom stereocenters. The first-order valence-corrected chi connectivity index (χ1v) is 5.12. The summed E-state index contributed by atoms with van der Waals surface area (Å²) in [6.45, 7) is 1.11. The van der Waals surface area contributed by atoms with E-state index in [4.69, 9.17) is 4.42 Å². The number of aromatic nitrogens is 2. The van der Waals surface area contributed by atoms with Gasteiger partial charge in [-0.3, -0.25) is 0 Å². The average molecular weight is 197 g/mol. The first-order chi connectivity index (χ1) is 6.84. The molecule has 78 valence electrons. The first kappa shape index (κ1) is 9.45. The Morgan fingerprint density at radius 2 is 2.43 bits per heavy atom. The number of aromatic amines is 1. The Kier molecular flexibility index (Phi) is 2.98. The fraction of sp³-hybridized carbons (Fsp3) is 0.778. The number of aryl methyl sites for hydroxylation is 1. The van der Waals surface area contributed by atoms with Gasteiger partial charge < -0.3 is 9.73 Å². The second-order valence-corrected chi connectivity index (χ2v) is 3.69. The Morgan fingerprint density at radius 3 is 3.07 bits per heavy atom. The van der Waals surface area contributed by atoms with Crippen LogP contribution in [-0.4, -0.2) is 22.8 Å². The van der Waals surface area contributed by atoms with Crippen molar-refractivity contribution in [2.75, 3.05) is 6.54 Å². The molecule has 2 heterocycles. The summed E-state index contributed by atoms with van der Waals surface area (Å²) in [6.07, 6.45) is 5.51. The molecule has 0 aliphatic carbocycles. The molecule has 5 nitrogen and oxygen atoms in total. The maximum Gasteiger partial charge on any atom is 0.434 e. The highest BCUT2D eigenvalue weighted by Gasteiger charge is 2.13. The summed E-state index contributed by atoms with van der Waals surface area (Å²) >= 11 is 0. The molecule has 1 aliphatic heterocycles. The monoisotopic (exact) mass is 197 g/mol. The van der Waals surface area contributed by atoms with E-state index in [-0.39, 0.29) is 0 Å². The number of hydrogen-bond donors (Lipinski definition) is 2. The zero-order valence-corrected chi connectivity index (χ0v) is 8.08. The molecule has 1 aromatic heterocycles. The van der Waals surface area contributed by atoms with Gasteiger partial charge in [-0.15, -0.1) is 5.10 Å². The third kappa shape index (κ3) is 2.45. The van der Waals surface area contributed by atoms with Crippen LogP contribution in [0, 0.1) is 0 Å². The minimum absolute atomic E-state index is 0.461. The minimum Gasteiger partial charge on any atom is -0.393 e. The quantitative estimate of drug-likeness (QED) is 0.737. The molecule has 0 bridgehead atoms. The van der Waals surface area contributed by atoms with E-state index < -0.39 is 5.76 Å². The first-order valence-electron chi connectivity index (χ1n) is 5.12. The maximum absolute atomic E-state index is 10.6. The van der Waals surface area contributed by atoms with Crippen molar-refractivity contribution in [1.29, 1.82) is 0 Å². The van der Waals surface area contributed by atoms with E-state index in [2.05, 4.69) is 15.5 Å². The zero-order chi connectivity index (χ0) is 9.80. The molecule has 5 heteroatoms. The van der Waals surface area contributed by atoms with E-state index >= 15 is 0 Å². The molecular formula is C9H15N3O2. The van der Waals surface area contributed by atoms with E-state index in [0.29, 0.717) is 11.9 Å². The molecule has 1 saturated heterocycles. The molecule has 0 amide bonds. The summed E-state index contributed by atoms with van der Waals surface area (Å²) in [5.41, 5.74) is 0. The van der Waals surface area contributed by atoms with Crippen molar-refractivity contribution in [2.45, 2.75) is 38.1 Å². The van der Waals surface area contributed by atoms with Gasteiger partial charge in [0.1, 0.15) is 0 Å². The molecular weight excluding hydrogens is 182 g/mol. The zero-order valence-electron chi connectivity index (χ0n) is 8.08. The van der Waals surface area contributed by atoms with Gasteiger partial charge in [0.2, 0.25) is 5.89 Å². The van der Waals surface area contributed by atoms with Crippen molar-refractivity contribution < 1.29 is 4.42 Å². The fourth-order valence-electron chi connectivity index (χ4n) is 1.84. The van der Waals surface area contributed by atoms with Crippen LogP contribution in [0.1, 0.15) is 31.6 Å². The van der Waals surface area contributed by atoms with Crippen molar-refractivity contribution in [3.63, 3.8) is 0 Å². The van der Waals surface area contributed by atoms with Gasteiger partial charge in [-0.25, -0.2) is 9.89 Å². The molecule has 0 radical (unpaired) electrons. The number of piperidine rings is 1. The molecule has 1 aromatic rings. The lowest BCUT2D eigenvalue weighted by Gasteiger charge is -2.22. The minimum atomic E-state index is -0.461. The Labute approximate surface area is 81.9 Å². The van der Waals surface area contributed by atoms with Gasteiger partial charge in [-0.2, -0.15) is 0 Å². The summed E-state index contributed by atoms with van der Waals surface area (Å²) in [4.78, 5) is 10.6. The lowest BCUT2D eigenvalue weighted by Crippen LogP contribution is -2.34. The fourth-order valence-corrected chi connectivity index (χ4v) is 1.84. The molecule has 1 atom stereocenters. The Balaban J connectivity index is 1.78. The van der Waals surface area contributed by atoms with Crippen LogP contribution >= 0.6 is 0 Å². The molecule has 14 heavy (non-hydrogen) atoms. The SMILES string of the molecule is O=c1[nH]nc(CCC2CCCCN2)o1. The predicted octanol–water partition coefficient (Wildman–Crippen LogP) is 0.438. The maximum atomic E-state index is 10.6.